The molecular formula is C14H23N. The summed E-state index contributed by atoms with van der Waals surface area (Å²) in [6.07, 6.45) is 1.25. The molecule has 0 aliphatic heterocycles. The van der Waals surface area contributed by atoms with Gasteiger partial charge in [0.1, 0.15) is 0 Å². The van der Waals surface area contributed by atoms with Crippen LogP contribution >= 0.6 is 0 Å². The average Bonchev–Trinajstić information content (AvgIpc) is 2.17. The maximum Gasteiger partial charge on any atom is 0.00172 e. The number of hydrogen-bond acceptors (Lipinski definition) is 1. The molecule has 0 spiro atoms. The van der Waals surface area contributed by atoms with E-state index in [2.05, 4.69) is 50.4 Å². The lowest BCUT2D eigenvalue weighted by molar-refractivity contribution is 0.484. The molecule has 0 aromatic heterocycles. The smallest absolute Gasteiger partial charge is 0.00172 e. The van der Waals surface area contributed by atoms with E-state index >= 15 is 0 Å². The topological polar surface area (TPSA) is 12.0 Å². The summed E-state index contributed by atoms with van der Waals surface area (Å²) >= 11 is 0. The number of nitrogens with one attached hydrogen (secondary N) is 1. The van der Waals surface area contributed by atoms with Crippen LogP contribution < -0.4 is 5.32 Å². The maximum absolute atomic E-state index is 3.29. The Morgan fingerprint density at radius 1 is 1.13 bits per heavy atom. The van der Waals surface area contributed by atoms with Crippen molar-refractivity contribution >= 4 is 0 Å². The van der Waals surface area contributed by atoms with Gasteiger partial charge in [-0.05, 0) is 37.8 Å². The summed E-state index contributed by atoms with van der Waals surface area (Å²) in [5.41, 5.74) is 2.80. The standard InChI is InChI=1S/C14H23N/c1-11(2)9-14(10-15-4)13-7-5-12(3)6-8-13/h5-8,11,14-15H,9-10H2,1-4H3. The van der Waals surface area contributed by atoms with Gasteiger partial charge in [0.2, 0.25) is 0 Å². The highest BCUT2D eigenvalue weighted by Gasteiger charge is 2.11. The van der Waals surface area contributed by atoms with E-state index in [0.717, 1.165) is 12.5 Å². The molecule has 0 radical (unpaired) electrons. The highest BCUT2D eigenvalue weighted by Crippen LogP contribution is 2.23. The first-order valence-corrected chi connectivity index (χ1v) is 5.84. The second-order valence-electron chi connectivity index (χ2n) is 4.79. The molecule has 1 aromatic carbocycles. The Hall–Kier alpha value is -0.820. The van der Waals surface area contributed by atoms with Crippen molar-refractivity contribution in [1.82, 2.24) is 5.32 Å². The second-order valence-corrected chi connectivity index (χ2v) is 4.79. The fraction of sp³-hybridized carbons (Fsp3) is 0.571. The summed E-state index contributed by atoms with van der Waals surface area (Å²) in [4.78, 5) is 0. The average molecular weight is 205 g/mol. The van der Waals surface area contributed by atoms with Gasteiger partial charge in [-0.25, -0.2) is 0 Å². The van der Waals surface area contributed by atoms with Gasteiger partial charge in [-0.15, -0.1) is 0 Å². The van der Waals surface area contributed by atoms with Crippen molar-refractivity contribution in [2.24, 2.45) is 5.92 Å². The van der Waals surface area contributed by atoms with Crippen LogP contribution in [0.5, 0.6) is 0 Å². The van der Waals surface area contributed by atoms with Gasteiger partial charge < -0.3 is 5.32 Å². The lowest BCUT2D eigenvalue weighted by Crippen LogP contribution is -2.18. The quantitative estimate of drug-likeness (QED) is 0.777. The van der Waals surface area contributed by atoms with Crippen LogP contribution in [0.3, 0.4) is 0 Å². The first-order valence-electron chi connectivity index (χ1n) is 5.84. The van der Waals surface area contributed by atoms with Gasteiger partial charge in [-0.1, -0.05) is 43.7 Å². The fourth-order valence-corrected chi connectivity index (χ4v) is 1.99. The van der Waals surface area contributed by atoms with Crippen molar-refractivity contribution in [3.8, 4) is 0 Å². The Kier molecular flexibility index (Phi) is 4.83. The van der Waals surface area contributed by atoms with Crippen LogP contribution in [0, 0.1) is 12.8 Å². The molecule has 1 rings (SSSR count). The first kappa shape index (κ1) is 12.3. The molecule has 84 valence electrons. The Bertz CT molecular complexity index is 274. The van der Waals surface area contributed by atoms with Crippen LogP contribution in [0.4, 0.5) is 0 Å². The highest BCUT2D eigenvalue weighted by molar-refractivity contribution is 5.24. The Morgan fingerprint density at radius 2 is 1.73 bits per heavy atom. The predicted molar refractivity (Wildman–Crippen MR) is 67.3 cm³/mol. The lowest BCUT2D eigenvalue weighted by Gasteiger charge is -2.19. The van der Waals surface area contributed by atoms with Gasteiger partial charge in [0.25, 0.3) is 0 Å². The molecule has 1 nitrogen and oxygen atoms in total. The van der Waals surface area contributed by atoms with Crippen LogP contribution in [0.25, 0.3) is 0 Å². The van der Waals surface area contributed by atoms with Crippen LogP contribution in [-0.4, -0.2) is 13.6 Å². The largest absolute Gasteiger partial charge is 0.319 e. The Balaban J connectivity index is 2.74. The van der Waals surface area contributed by atoms with Gasteiger partial charge in [0, 0.05) is 6.54 Å². The van der Waals surface area contributed by atoms with Crippen molar-refractivity contribution in [2.75, 3.05) is 13.6 Å². The molecular weight excluding hydrogens is 182 g/mol. The maximum atomic E-state index is 3.29. The van der Waals surface area contributed by atoms with Crippen molar-refractivity contribution in [1.29, 1.82) is 0 Å². The molecule has 0 aliphatic rings. The normalized spacial score (nSPS) is 13.1. The monoisotopic (exact) mass is 205 g/mol. The van der Waals surface area contributed by atoms with E-state index in [1.807, 2.05) is 7.05 Å². The predicted octanol–water partition coefficient (Wildman–Crippen LogP) is 3.34. The zero-order valence-corrected chi connectivity index (χ0v) is 10.4. The molecule has 0 bridgehead atoms. The number of likely N-dealkylation sites (N-methyl/N-ethyl adjacent to an activating group) is 1. The third kappa shape index (κ3) is 4.05. The van der Waals surface area contributed by atoms with E-state index < -0.39 is 0 Å². The van der Waals surface area contributed by atoms with Gasteiger partial charge in [-0.3, -0.25) is 0 Å². The van der Waals surface area contributed by atoms with Gasteiger partial charge in [0.05, 0.1) is 0 Å². The lowest BCUT2D eigenvalue weighted by atomic mass is 9.90. The zero-order chi connectivity index (χ0) is 11.3. The molecule has 0 aliphatic carbocycles. The Morgan fingerprint density at radius 3 is 2.20 bits per heavy atom. The zero-order valence-electron chi connectivity index (χ0n) is 10.4. The molecule has 15 heavy (non-hydrogen) atoms. The van der Waals surface area contributed by atoms with E-state index in [9.17, 15) is 0 Å². The number of benzene rings is 1. The summed E-state index contributed by atoms with van der Waals surface area (Å²) in [5.74, 6) is 1.40. The summed E-state index contributed by atoms with van der Waals surface area (Å²) in [6.45, 7) is 7.79. The summed E-state index contributed by atoms with van der Waals surface area (Å²) < 4.78 is 0. The molecule has 1 heteroatoms. The van der Waals surface area contributed by atoms with Gasteiger partial charge in [0.15, 0.2) is 0 Å². The molecule has 1 N–H and O–H groups in total. The van der Waals surface area contributed by atoms with Crippen molar-refractivity contribution in [2.45, 2.75) is 33.1 Å². The number of aryl methyl sites for hydroxylation is 1. The van der Waals surface area contributed by atoms with Crippen LogP contribution in [0.15, 0.2) is 24.3 Å². The van der Waals surface area contributed by atoms with E-state index in [0.29, 0.717) is 5.92 Å². The molecule has 0 fully saturated rings. The molecule has 0 amide bonds. The van der Waals surface area contributed by atoms with Gasteiger partial charge in [-0.2, -0.15) is 0 Å². The van der Waals surface area contributed by atoms with E-state index in [1.165, 1.54) is 17.5 Å². The minimum absolute atomic E-state index is 0.649. The number of rotatable bonds is 5. The van der Waals surface area contributed by atoms with Crippen LogP contribution in [-0.2, 0) is 0 Å². The molecule has 1 unspecified atom stereocenters. The molecule has 1 atom stereocenters. The molecule has 0 saturated heterocycles. The summed E-state index contributed by atoms with van der Waals surface area (Å²) in [7, 11) is 2.03. The highest BCUT2D eigenvalue weighted by atomic mass is 14.8. The van der Waals surface area contributed by atoms with Crippen molar-refractivity contribution in [3.63, 3.8) is 0 Å². The molecule has 0 saturated carbocycles. The second kappa shape index (κ2) is 5.92. The van der Waals surface area contributed by atoms with E-state index in [1.54, 1.807) is 0 Å². The van der Waals surface area contributed by atoms with Gasteiger partial charge >= 0.3 is 0 Å². The van der Waals surface area contributed by atoms with E-state index in [4.69, 9.17) is 0 Å². The van der Waals surface area contributed by atoms with Crippen molar-refractivity contribution < 1.29 is 0 Å². The number of hydrogen-bond donors (Lipinski definition) is 1. The SMILES string of the molecule is CNCC(CC(C)C)c1ccc(C)cc1. The molecule has 0 heterocycles. The first-order chi connectivity index (χ1) is 7.13. The van der Waals surface area contributed by atoms with E-state index in [-0.39, 0.29) is 0 Å². The van der Waals surface area contributed by atoms with Crippen molar-refractivity contribution in [3.05, 3.63) is 35.4 Å². The summed E-state index contributed by atoms with van der Waals surface area (Å²) in [6, 6.07) is 8.94. The minimum atomic E-state index is 0.649. The fourth-order valence-electron chi connectivity index (χ4n) is 1.99. The minimum Gasteiger partial charge on any atom is -0.319 e. The van der Waals surface area contributed by atoms with Crippen LogP contribution in [0.1, 0.15) is 37.3 Å². The third-order valence-corrected chi connectivity index (χ3v) is 2.76. The Labute approximate surface area is 93.9 Å². The van der Waals surface area contributed by atoms with Crippen LogP contribution in [0.2, 0.25) is 0 Å². The third-order valence-electron chi connectivity index (χ3n) is 2.76. The molecule has 1 aromatic rings. The summed E-state index contributed by atoms with van der Waals surface area (Å²) in [5, 5.41) is 3.29.